The number of hydrogen-bond acceptors (Lipinski definition) is 3. The molecule has 0 aliphatic rings. The molecular formula is C9H12O3. The third-order valence-corrected chi connectivity index (χ3v) is 1.41. The summed E-state index contributed by atoms with van der Waals surface area (Å²) in [5.41, 5.74) is 0. The largest absolute Gasteiger partial charge is 0.488 e. The van der Waals surface area contributed by atoms with Gasteiger partial charge in [0.15, 0.2) is 6.29 Å². The Morgan fingerprint density at radius 2 is 2.00 bits per heavy atom. The minimum atomic E-state index is -0.856. The SMILES string of the molecule is COC(O)COc1ccccc1. The zero-order valence-electron chi connectivity index (χ0n) is 6.93. The third-order valence-electron chi connectivity index (χ3n) is 1.41. The Morgan fingerprint density at radius 3 is 2.58 bits per heavy atom. The Hall–Kier alpha value is -1.06. The Bertz CT molecular complexity index is 210. The van der Waals surface area contributed by atoms with E-state index in [-0.39, 0.29) is 6.61 Å². The molecule has 12 heavy (non-hydrogen) atoms. The molecule has 0 spiro atoms. The van der Waals surface area contributed by atoms with Gasteiger partial charge in [-0.25, -0.2) is 0 Å². The van der Waals surface area contributed by atoms with Crippen molar-refractivity contribution in [2.24, 2.45) is 0 Å². The van der Waals surface area contributed by atoms with E-state index in [0.29, 0.717) is 0 Å². The van der Waals surface area contributed by atoms with Gasteiger partial charge in [-0.15, -0.1) is 0 Å². The summed E-state index contributed by atoms with van der Waals surface area (Å²) in [6.45, 7) is 0.153. The quantitative estimate of drug-likeness (QED) is 0.682. The van der Waals surface area contributed by atoms with Gasteiger partial charge in [0.05, 0.1) is 0 Å². The standard InChI is InChI=1S/C9H12O3/c1-11-9(10)7-12-8-5-3-2-4-6-8/h2-6,9-10H,7H2,1H3. The topological polar surface area (TPSA) is 38.7 Å². The van der Waals surface area contributed by atoms with Gasteiger partial charge >= 0.3 is 0 Å². The molecule has 3 heteroatoms. The molecule has 0 aliphatic carbocycles. The molecule has 1 aromatic carbocycles. The molecule has 1 rings (SSSR count). The maximum absolute atomic E-state index is 8.97. The highest BCUT2D eigenvalue weighted by Crippen LogP contribution is 2.08. The first kappa shape index (κ1) is 9.03. The predicted octanol–water partition coefficient (Wildman–Crippen LogP) is 1.03. The molecule has 0 aromatic heterocycles. The average molecular weight is 168 g/mol. The molecule has 1 unspecified atom stereocenters. The number of benzene rings is 1. The van der Waals surface area contributed by atoms with E-state index >= 15 is 0 Å². The lowest BCUT2D eigenvalue weighted by Crippen LogP contribution is -2.18. The third kappa shape index (κ3) is 2.90. The van der Waals surface area contributed by atoms with Crippen molar-refractivity contribution in [3.63, 3.8) is 0 Å². The fourth-order valence-corrected chi connectivity index (χ4v) is 0.752. The molecule has 0 heterocycles. The molecule has 0 saturated heterocycles. The van der Waals surface area contributed by atoms with Crippen LogP contribution in [-0.4, -0.2) is 25.1 Å². The van der Waals surface area contributed by atoms with Crippen molar-refractivity contribution >= 4 is 0 Å². The van der Waals surface area contributed by atoms with Gasteiger partial charge in [-0.2, -0.15) is 0 Å². The highest BCUT2D eigenvalue weighted by Gasteiger charge is 2.00. The Labute approximate surface area is 71.5 Å². The van der Waals surface area contributed by atoms with Gasteiger partial charge in [0.2, 0.25) is 0 Å². The summed E-state index contributed by atoms with van der Waals surface area (Å²) in [6.07, 6.45) is -0.856. The van der Waals surface area contributed by atoms with Crippen molar-refractivity contribution in [3.8, 4) is 5.75 Å². The van der Waals surface area contributed by atoms with E-state index in [2.05, 4.69) is 4.74 Å². The van der Waals surface area contributed by atoms with E-state index in [1.807, 2.05) is 30.3 Å². The summed E-state index contributed by atoms with van der Waals surface area (Å²) in [4.78, 5) is 0. The Kier molecular flexibility index (Phi) is 3.57. The average Bonchev–Trinajstić information content (AvgIpc) is 2.16. The van der Waals surface area contributed by atoms with E-state index in [1.54, 1.807) is 0 Å². The molecule has 0 bridgehead atoms. The molecule has 0 aliphatic heterocycles. The second-order valence-electron chi connectivity index (χ2n) is 2.31. The van der Waals surface area contributed by atoms with Crippen molar-refractivity contribution < 1.29 is 14.6 Å². The van der Waals surface area contributed by atoms with Gasteiger partial charge in [0, 0.05) is 7.11 Å². The Balaban J connectivity index is 2.33. The van der Waals surface area contributed by atoms with Gasteiger partial charge < -0.3 is 14.6 Å². The molecule has 0 fully saturated rings. The van der Waals surface area contributed by atoms with Gasteiger partial charge in [-0.3, -0.25) is 0 Å². The number of methoxy groups -OCH3 is 1. The highest BCUT2D eigenvalue weighted by molar-refractivity contribution is 5.20. The number of aliphatic hydroxyl groups excluding tert-OH is 1. The molecule has 0 amide bonds. The summed E-state index contributed by atoms with van der Waals surface area (Å²) in [5.74, 6) is 0.730. The molecular weight excluding hydrogens is 156 g/mol. The van der Waals surface area contributed by atoms with Crippen LogP contribution < -0.4 is 4.74 Å². The molecule has 1 atom stereocenters. The van der Waals surface area contributed by atoms with Crippen LogP contribution in [0.15, 0.2) is 30.3 Å². The summed E-state index contributed by atoms with van der Waals surface area (Å²) in [6, 6.07) is 9.29. The van der Waals surface area contributed by atoms with Gasteiger partial charge in [0.25, 0.3) is 0 Å². The van der Waals surface area contributed by atoms with Crippen LogP contribution in [0.4, 0.5) is 0 Å². The van der Waals surface area contributed by atoms with Crippen LogP contribution in [0.2, 0.25) is 0 Å². The second kappa shape index (κ2) is 4.74. The first-order valence-corrected chi connectivity index (χ1v) is 3.71. The lowest BCUT2D eigenvalue weighted by molar-refractivity contribution is -0.0967. The maximum atomic E-state index is 8.97. The molecule has 3 nitrogen and oxygen atoms in total. The van der Waals surface area contributed by atoms with Crippen LogP contribution in [0.1, 0.15) is 0 Å². The van der Waals surface area contributed by atoms with Crippen LogP contribution >= 0.6 is 0 Å². The smallest absolute Gasteiger partial charge is 0.188 e. The van der Waals surface area contributed by atoms with E-state index < -0.39 is 6.29 Å². The second-order valence-corrected chi connectivity index (χ2v) is 2.31. The van der Waals surface area contributed by atoms with Crippen LogP contribution in [0, 0.1) is 0 Å². The predicted molar refractivity (Wildman–Crippen MR) is 45.0 cm³/mol. The highest BCUT2D eigenvalue weighted by atomic mass is 16.6. The molecule has 66 valence electrons. The summed E-state index contributed by atoms with van der Waals surface area (Å²) in [7, 11) is 1.43. The fourth-order valence-electron chi connectivity index (χ4n) is 0.752. The first-order valence-electron chi connectivity index (χ1n) is 3.71. The minimum Gasteiger partial charge on any atom is -0.488 e. The van der Waals surface area contributed by atoms with E-state index in [0.717, 1.165) is 5.75 Å². The minimum absolute atomic E-state index is 0.153. The number of para-hydroxylation sites is 1. The molecule has 0 saturated carbocycles. The van der Waals surface area contributed by atoms with Gasteiger partial charge in [-0.05, 0) is 12.1 Å². The number of aliphatic hydroxyl groups is 1. The van der Waals surface area contributed by atoms with Crippen LogP contribution in [0.5, 0.6) is 5.75 Å². The fraction of sp³-hybridized carbons (Fsp3) is 0.333. The number of hydrogen-bond donors (Lipinski definition) is 1. The van der Waals surface area contributed by atoms with Crippen LogP contribution in [0.3, 0.4) is 0 Å². The van der Waals surface area contributed by atoms with E-state index in [4.69, 9.17) is 9.84 Å². The van der Waals surface area contributed by atoms with Crippen molar-refractivity contribution in [1.29, 1.82) is 0 Å². The number of ether oxygens (including phenoxy) is 2. The lowest BCUT2D eigenvalue weighted by atomic mass is 10.3. The maximum Gasteiger partial charge on any atom is 0.188 e. The normalized spacial score (nSPS) is 12.5. The molecule has 1 N–H and O–H groups in total. The Morgan fingerprint density at radius 1 is 1.33 bits per heavy atom. The zero-order chi connectivity index (χ0) is 8.81. The molecule has 0 radical (unpaired) electrons. The van der Waals surface area contributed by atoms with Crippen molar-refractivity contribution in [2.75, 3.05) is 13.7 Å². The molecule has 1 aromatic rings. The van der Waals surface area contributed by atoms with Crippen molar-refractivity contribution in [2.45, 2.75) is 6.29 Å². The lowest BCUT2D eigenvalue weighted by Gasteiger charge is -2.09. The van der Waals surface area contributed by atoms with Crippen LogP contribution in [0.25, 0.3) is 0 Å². The monoisotopic (exact) mass is 168 g/mol. The number of rotatable bonds is 4. The summed E-state index contributed by atoms with van der Waals surface area (Å²) in [5, 5.41) is 8.97. The van der Waals surface area contributed by atoms with E-state index in [1.165, 1.54) is 7.11 Å². The van der Waals surface area contributed by atoms with Gasteiger partial charge in [0.1, 0.15) is 12.4 Å². The van der Waals surface area contributed by atoms with Crippen LogP contribution in [-0.2, 0) is 4.74 Å². The van der Waals surface area contributed by atoms with Crippen molar-refractivity contribution in [1.82, 2.24) is 0 Å². The first-order chi connectivity index (χ1) is 5.83. The zero-order valence-corrected chi connectivity index (χ0v) is 6.93. The van der Waals surface area contributed by atoms with Gasteiger partial charge in [-0.1, -0.05) is 18.2 Å². The van der Waals surface area contributed by atoms with E-state index in [9.17, 15) is 0 Å². The van der Waals surface area contributed by atoms with Crippen molar-refractivity contribution in [3.05, 3.63) is 30.3 Å². The summed E-state index contributed by atoms with van der Waals surface area (Å²) >= 11 is 0. The summed E-state index contributed by atoms with van der Waals surface area (Å²) < 4.78 is 9.79.